The fourth-order valence-corrected chi connectivity index (χ4v) is 5.82. The lowest BCUT2D eigenvalue weighted by Crippen LogP contribution is -2.43. The van der Waals surface area contributed by atoms with E-state index in [-0.39, 0.29) is 23.8 Å². The van der Waals surface area contributed by atoms with Crippen molar-refractivity contribution in [1.82, 2.24) is 10.6 Å². The summed E-state index contributed by atoms with van der Waals surface area (Å²) in [6, 6.07) is 0.748. The minimum absolute atomic E-state index is 0.0102. The van der Waals surface area contributed by atoms with Gasteiger partial charge in [-0.1, -0.05) is 0 Å². The maximum atomic E-state index is 12.2. The van der Waals surface area contributed by atoms with Crippen molar-refractivity contribution in [1.29, 1.82) is 0 Å². The van der Waals surface area contributed by atoms with E-state index in [0.29, 0.717) is 49.0 Å². The van der Waals surface area contributed by atoms with Crippen molar-refractivity contribution in [2.24, 2.45) is 35.5 Å². The number of rotatable bonds is 6. The first-order valence-corrected chi connectivity index (χ1v) is 10.5. The Bertz CT molecular complexity index is 496. The first-order valence-electron chi connectivity index (χ1n) is 10.5. The van der Waals surface area contributed by atoms with Crippen LogP contribution in [0.1, 0.15) is 38.5 Å². The molecule has 0 aromatic heterocycles. The zero-order valence-corrected chi connectivity index (χ0v) is 15.3. The van der Waals surface area contributed by atoms with E-state index in [2.05, 4.69) is 10.6 Å². The summed E-state index contributed by atoms with van der Waals surface area (Å²) in [5, 5.41) is 6.74. The van der Waals surface area contributed by atoms with Crippen molar-refractivity contribution < 1.29 is 19.1 Å². The Balaban J connectivity index is 0.984. The molecule has 6 unspecified atom stereocenters. The third kappa shape index (κ3) is 2.95. The third-order valence-corrected chi connectivity index (χ3v) is 7.71. The smallest absolute Gasteiger partial charge is 0.310 e. The van der Waals surface area contributed by atoms with Gasteiger partial charge < -0.3 is 20.1 Å². The van der Waals surface area contributed by atoms with E-state index < -0.39 is 0 Å². The van der Waals surface area contributed by atoms with E-state index in [1.807, 2.05) is 0 Å². The molecule has 0 spiro atoms. The number of esters is 2. The lowest BCUT2D eigenvalue weighted by Gasteiger charge is -2.34. The summed E-state index contributed by atoms with van der Waals surface area (Å²) < 4.78 is 11.2. The second kappa shape index (κ2) is 6.79. The maximum Gasteiger partial charge on any atom is 0.310 e. The van der Waals surface area contributed by atoms with Gasteiger partial charge in [-0.25, -0.2) is 0 Å². The quantitative estimate of drug-likeness (QED) is 0.689. The SMILES string of the molecule is O=C(OCC1CCC(COC(=O)C2C3CNC2C3)CC1)C1C2CNC1C2. The predicted molar refractivity (Wildman–Crippen MR) is 94.1 cm³/mol. The summed E-state index contributed by atoms with van der Waals surface area (Å²) in [4.78, 5) is 24.4. The molecule has 3 saturated carbocycles. The Labute approximate surface area is 154 Å². The van der Waals surface area contributed by atoms with Gasteiger partial charge in [0.25, 0.3) is 0 Å². The van der Waals surface area contributed by atoms with Crippen LogP contribution >= 0.6 is 0 Å². The average molecular weight is 362 g/mol. The van der Waals surface area contributed by atoms with Gasteiger partial charge in [-0.15, -0.1) is 0 Å². The molecule has 2 N–H and O–H groups in total. The molecule has 4 bridgehead atoms. The van der Waals surface area contributed by atoms with Crippen molar-refractivity contribution in [3.63, 3.8) is 0 Å². The molecule has 3 aliphatic carbocycles. The Hall–Kier alpha value is -1.14. The molecule has 6 heteroatoms. The maximum absolute atomic E-state index is 12.2. The van der Waals surface area contributed by atoms with Crippen LogP contribution in [0, 0.1) is 35.5 Å². The minimum Gasteiger partial charge on any atom is -0.465 e. The molecule has 4 heterocycles. The summed E-state index contributed by atoms with van der Waals surface area (Å²) in [7, 11) is 0. The average Bonchev–Trinajstić information content (AvgIpc) is 3.39. The molecule has 6 nitrogen and oxygen atoms in total. The number of nitrogens with one attached hydrogen (secondary N) is 2. The number of carbonyl (C=O) groups excluding carboxylic acids is 2. The van der Waals surface area contributed by atoms with Gasteiger partial charge in [0.2, 0.25) is 0 Å². The van der Waals surface area contributed by atoms with Gasteiger partial charge in [0.1, 0.15) is 0 Å². The Morgan fingerprint density at radius 1 is 0.731 bits per heavy atom. The van der Waals surface area contributed by atoms with Crippen molar-refractivity contribution in [3.8, 4) is 0 Å². The fourth-order valence-electron chi connectivity index (χ4n) is 5.82. The predicted octanol–water partition coefficient (Wildman–Crippen LogP) is 1.10. The minimum atomic E-state index is 0.0102. The summed E-state index contributed by atoms with van der Waals surface area (Å²) in [5.74, 6) is 2.22. The Morgan fingerprint density at radius 3 is 1.46 bits per heavy atom. The highest BCUT2D eigenvalue weighted by molar-refractivity contribution is 5.76. The molecule has 4 aliphatic heterocycles. The zero-order chi connectivity index (χ0) is 17.7. The highest BCUT2D eigenvalue weighted by atomic mass is 16.5. The number of ether oxygens (including phenoxy) is 2. The summed E-state index contributed by atoms with van der Waals surface area (Å²) in [5.41, 5.74) is 0. The molecular weight excluding hydrogens is 332 g/mol. The molecule has 0 radical (unpaired) electrons. The van der Waals surface area contributed by atoms with E-state index >= 15 is 0 Å². The molecule has 0 amide bonds. The van der Waals surface area contributed by atoms with Crippen LogP contribution in [0.4, 0.5) is 0 Å². The third-order valence-electron chi connectivity index (χ3n) is 7.71. The van der Waals surface area contributed by atoms with Crippen LogP contribution in [0.2, 0.25) is 0 Å². The van der Waals surface area contributed by atoms with E-state index in [1.54, 1.807) is 0 Å². The van der Waals surface area contributed by atoms with Crippen molar-refractivity contribution >= 4 is 11.9 Å². The molecule has 0 aromatic carbocycles. The number of carbonyl (C=O) groups is 2. The van der Waals surface area contributed by atoms with Gasteiger partial charge in [-0.05, 0) is 75.3 Å². The Morgan fingerprint density at radius 2 is 1.15 bits per heavy atom. The van der Waals surface area contributed by atoms with Crippen LogP contribution in [0.3, 0.4) is 0 Å². The highest BCUT2D eigenvalue weighted by Crippen LogP contribution is 2.42. The van der Waals surface area contributed by atoms with Crippen LogP contribution < -0.4 is 10.6 Å². The zero-order valence-electron chi connectivity index (χ0n) is 15.3. The van der Waals surface area contributed by atoms with Crippen molar-refractivity contribution in [2.45, 2.75) is 50.6 Å². The molecule has 7 rings (SSSR count). The second-order valence-corrected chi connectivity index (χ2v) is 9.22. The lowest BCUT2D eigenvalue weighted by atomic mass is 9.74. The van der Waals surface area contributed by atoms with Gasteiger partial charge in [0.15, 0.2) is 0 Å². The molecule has 0 aromatic rings. The normalized spacial score (nSPS) is 45.5. The molecule has 26 heavy (non-hydrogen) atoms. The van der Waals surface area contributed by atoms with Crippen molar-refractivity contribution in [2.75, 3.05) is 26.3 Å². The molecule has 144 valence electrons. The largest absolute Gasteiger partial charge is 0.465 e. The van der Waals surface area contributed by atoms with E-state index in [9.17, 15) is 9.59 Å². The van der Waals surface area contributed by atoms with Gasteiger partial charge in [0.05, 0.1) is 25.0 Å². The summed E-state index contributed by atoms with van der Waals surface area (Å²) in [6.45, 7) is 3.09. The van der Waals surface area contributed by atoms with Gasteiger partial charge in [0, 0.05) is 12.1 Å². The Kier molecular flexibility index (Phi) is 4.44. The molecule has 6 atom stereocenters. The summed E-state index contributed by atoms with van der Waals surface area (Å²) >= 11 is 0. The topological polar surface area (TPSA) is 76.7 Å². The van der Waals surface area contributed by atoms with E-state index in [4.69, 9.17) is 9.47 Å². The number of hydrogen-bond donors (Lipinski definition) is 2. The second-order valence-electron chi connectivity index (χ2n) is 9.22. The van der Waals surface area contributed by atoms with Crippen LogP contribution in [0.25, 0.3) is 0 Å². The van der Waals surface area contributed by atoms with Gasteiger partial charge in [-0.2, -0.15) is 0 Å². The highest BCUT2D eigenvalue weighted by Gasteiger charge is 2.52. The fraction of sp³-hybridized carbons (Fsp3) is 0.900. The monoisotopic (exact) mass is 362 g/mol. The number of fused-ring (bicyclic) bond motifs is 2. The van der Waals surface area contributed by atoms with Crippen molar-refractivity contribution in [3.05, 3.63) is 0 Å². The molecular formula is C20H30N2O4. The first kappa shape index (κ1) is 17.0. The molecule has 4 saturated heterocycles. The van der Waals surface area contributed by atoms with Crippen LogP contribution in [0.5, 0.6) is 0 Å². The number of hydrogen-bond acceptors (Lipinski definition) is 6. The molecule has 7 fully saturated rings. The van der Waals surface area contributed by atoms with E-state index in [0.717, 1.165) is 51.6 Å². The summed E-state index contributed by atoms with van der Waals surface area (Å²) in [6.07, 6.45) is 6.57. The van der Waals surface area contributed by atoms with Gasteiger partial charge >= 0.3 is 11.9 Å². The van der Waals surface area contributed by atoms with Crippen LogP contribution in [-0.2, 0) is 19.1 Å². The lowest BCUT2D eigenvalue weighted by molar-refractivity contribution is -0.157. The standard InChI is InChI=1S/C20H30N2O4/c23-19(17-13-5-15(17)21-7-13)25-9-11-1-2-12(4-3-11)10-26-20(24)18-14-6-16(18)22-8-14/h11-18,21-22H,1-10H2. The van der Waals surface area contributed by atoms with E-state index in [1.165, 1.54) is 0 Å². The van der Waals surface area contributed by atoms with Gasteiger partial charge in [-0.3, -0.25) is 9.59 Å². The van der Waals surface area contributed by atoms with Crippen LogP contribution in [0.15, 0.2) is 0 Å². The first-order chi connectivity index (χ1) is 12.7. The van der Waals surface area contributed by atoms with Crippen LogP contribution in [-0.4, -0.2) is 50.3 Å². The molecule has 7 aliphatic rings.